The highest BCUT2D eigenvalue weighted by atomic mass is 19.1. The van der Waals surface area contributed by atoms with E-state index in [1.54, 1.807) is 0 Å². The molecule has 3 heteroatoms. The second-order valence-electron chi connectivity index (χ2n) is 2.42. The minimum Gasteiger partial charge on any atom is -0.463 e. The van der Waals surface area contributed by atoms with Crippen molar-refractivity contribution in [3.8, 4) is 0 Å². The zero-order chi connectivity index (χ0) is 8.55. The van der Waals surface area contributed by atoms with E-state index in [1.807, 2.05) is 0 Å². The highest BCUT2D eigenvalue weighted by molar-refractivity contribution is 5.94. The van der Waals surface area contributed by atoms with Crippen LogP contribution < -0.4 is 0 Å². The Morgan fingerprint density at radius 3 is 2.92 bits per heavy atom. The topological polar surface area (TPSA) is 30.2 Å². The molecule has 0 radical (unpaired) electrons. The van der Waals surface area contributed by atoms with Gasteiger partial charge in [0.2, 0.25) is 0 Å². The maximum atomic E-state index is 13.0. The maximum Gasteiger partial charge on any atom is 0.153 e. The van der Waals surface area contributed by atoms with Gasteiger partial charge in [0.05, 0.1) is 17.2 Å². The number of furan rings is 1. The molecule has 2 rings (SSSR count). The Balaban J connectivity index is 2.91. The van der Waals surface area contributed by atoms with E-state index in [9.17, 15) is 9.18 Å². The lowest BCUT2D eigenvalue weighted by molar-refractivity contribution is 0.112. The summed E-state index contributed by atoms with van der Waals surface area (Å²) in [5, 5.41) is 0.347. The number of aldehydes is 1. The molecule has 0 aliphatic heterocycles. The quantitative estimate of drug-likeness (QED) is 0.605. The number of hydrogen-bond acceptors (Lipinski definition) is 2. The van der Waals surface area contributed by atoms with Crippen LogP contribution in [0.2, 0.25) is 0 Å². The Labute approximate surface area is 67.6 Å². The van der Waals surface area contributed by atoms with Crippen molar-refractivity contribution in [3.63, 3.8) is 0 Å². The number of benzene rings is 1. The van der Waals surface area contributed by atoms with Crippen LogP contribution in [0.25, 0.3) is 11.0 Å². The second-order valence-corrected chi connectivity index (χ2v) is 2.42. The molecule has 0 bridgehead atoms. The van der Waals surface area contributed by atoms with Gasteiger partial charge in [-0.25, -0.2) is 4.39 Å². The second kappa shape index (κ2) is 2.44. The van der Waals surface area contributed by atoms with E-state index in [1.165, 1.54) is 24.5 Å². The molecule has 0 saturated heterocycles. The van der Waals surface area contributed by atoms with Gasteiger partial charge in [0, 0.05) is 0 Å². The third kappa shape index (κ3) is 0.830. The Kier molecular flexibility index (Phi) is 1.43. The molecule has 0 aliphatic carbocycles. The molecule has 1 heterocycles. The predicted octanol–water partition coefficient (Wildman–Crippen LogP) is 2.38. The van der Waals surface area contributed by atoms with Crippen molar-refractivity contribution in [2.24, 2.45) is 0 Å². The van der Waals surface area contributed by atoms with Crippen molar-refractivity contribution < 1.29 is 13.6 Å². The summed E-state index contributed by atoms with van der Waals surface area (Å²) in [7, 11) is 0. The molecule has 0 fully saturated rings. The van der Waals surface area contributed by atoms with Gasteiger partial charge in [-0.2, -0.15) is 0 Å². The lowest BCUT2D eigenvalue weighted by Crippen LogP contribution is -1.82. The number of fused-ring (bicyclic) bond motifs is 1. The molecule has 0 saturated carbocycles. The summed E-state index contributed by atoms with van der Waals surface area (Å²) in [5.74, 6) is -0.371. The Hall–Kier alpha value is -1.64. The lowest BCUT2D eigenvalue weighted by Gasteiger charge is -1.93. The van der Waals surface area contributed by atoms with Crippen molar-refractivity contribution >= 4 is 17.3 Å². The molecule has 0 aliphatic rings. The molecule has 1 aromatic carbocycles. The Bertz CT molecular complexity index is 431. The normalized spacial score (nSPS) is 10.4. The van der Waals surface area contributed by atoms with Gasteiger partial charge in [-0.15, -0.1) is 0 Å². The third-order valence-electron chi connectivity index (χ3n) is 1.72. The van der Waals surface area contributed by atoms with Crippen LogP contribution in [0.15, 0.2) is 28.9 Å². The maximum absolute atomic E-state index is 13.0. The van der Waals surface area contributed by atoms with Crippen molar-refractivity contribution in [2.75, 3.05) is 0 Å². The molecule has 0 N–H and O–H groups in total. The molecule has 60 valence electrons. The summed E-state index contributed by atoms with van der Waals surface area (Å²) in [4.78, 5) is 10.4. The molecular formula is C9H5FO2. The Morgan fingerprint density at radius 1 is 1.33 bits per heavy atom. The van der Waals surface area contributed by atoms with Crippen LogP contribution in [0, 0.1) is 5.82 Å². The minimum absolute atomic E-state index is 0.310. The van der Waals surface area contributed by atoms with Gasteiger partial charge in [0.15, 0.2) is 6.29 Å². The van der Waals surface area contributed by atoms with Gasteiger partial charge in [-0.3, -0.25) is 4.79 Å². The summed E-state index contributed by atoms with van der Waals surface area (Å²) in [6.45, 7) is 0. The van der Waals surface area contributed by atoms with Crippen LogP contribution in [0.5, 0.6) is 0 Å². The van der Waals surface area contributed by atoms with Gasteiger partial charge in [-0.05, 0) is 18.2 Å². The van der Waals surface area contributed by atoms with E-state index in [-0.39, 0.29) is 5.82 Å². The molecule has 1 aromatic heterocycles. The molecule has 12 heavy (non-hydrogen) atoms. The number of rotatable bonds is 1. The van der Waals surface area contributed by atoms with Crippen molar-refractivity contribution in [1.29, 1.82) is 0 Å². The van der Waals surface area contributed by atoms with Crippen LogP contribution in [-0.4, -0.2) is 6.29 Å². The summed E-state index contributed by atoms with van der Waals surface area (Å²) >= 11 is 0. The summed E-state index contributed by atoms with van der Waals surface area (Å²) in [6, 6.07) is 4.15. The number of hydrogen-bond donors (Lipinski definition) is 0. The fraction of sp³-hybridized carbons (Fsp3) is 0. The van der Waals surface area contributed by atoms with Crippen molar-refractivity contribution in [3.05, 3.63) is 35.8 Å². The van der Waals surface area contributed by atoms with Crippen LogP contribution in [-0.2, 0) is 0 Å². The number of halogens is 1. The van der Waals surface area contributed by atoms with Crippen molar-refractivity contribution in [1.82, 2.24) is 0 Å². The zero-order valence-electron chi connectivity index (χ0n) is 6.08. The zero-order valence-corrected chi connectivity index (χ0v) is 6.08. The van der Waals surface area contributed by atoms with Gasteiger partial charge in [-0.1, -0.05) is 0 Å². The van der Waals surface area contributed by atoms with Gasteiger partial charge >= 0.3 is 0 Å². The minimum atomic E-state index is -0.371. The smallest absolute Gasteiger partial charge is 0.153 e. The average molecular weight is 164 g/mol. The molecule has 2 nitrogen and oxygen atoms in total. The Morgan fingerprint density at radius 2 is 2.17 bits per heavy atom. The summed E-state index contributed by atoms with van der Waals surface area (Å²) < 4.78 is 17.9. The average Bonchev–Trinajstić information content (AvgIpc) is 2.54. The van der Waals surface area contributed by atoms with Gasteiger partial charge in [0.25, 0.3) is 0 Å². The fourth-order valence-corrected chi connectivity index (χ4v) is 1.14. The first-order valence-corrected chi connectivity index (χ1v) is 3.44. The standard InChI is InChI=1S/C9H5FO2/c10-8-2-1-6(5-11)9-7(8)3-4-12-9/h1-5H. The highest BCUT2D eigenvalue weighted by Crippen LogP contribution is 2.21. The number of carbonyl (C=O) groups excluding carboxylic acids is 1. The van der Waals surface area contributed by atoms with E-state index < -0.39 is 0 Å². The first kappa shape index (κ1) is 7.03. The van der Waals surface area contributed by atoms with Crippen LogP contribution in [0.3, 0.4) is 0 Å². The largest absolute Gasteiger partial charge is 0.463 e. The van der Waals surface area contributed by atoms with Gasteiger partial charge in [0.1, 0.15) is 11.4 Å². The van der Waals surface area contributed by atoms with Gasteiger partial charge < -0.3 is 4.42 Å². The van der Waals surface area contributed by atoms with E-state index in [2.05, 4.69) is 0 Å². The molecule has 0 amide bonds. The summed E-state index contributed by atoms with van der Waals surface area (Å²) in [5.41, 5.74) is 0.682. The fourth-order valence-electron chi connectivity index (χ4n) is 1.14. The third-order valence-corrected chi connectivity index (χ3v) is 1.72. The monoisotopic (exact) mass is 164 g/mol. The van der Waals surface area contributed by atoms with Crippen LogP contribution >= 0.6 is 0 Å². The van der Waals surface area contributed by atoms with Crippen molar-refractivity contribution in [2.45, 2.75) is 0 Å². The SMILES string of the molecule is O=Cc1ccc(F)c2ccoc12. The lowest BCUT2D eigenvalue weighted by atomic mass is 10.2. The molecule has 0 spiro atoms. The molecule has 0 atom stereocenters. The van der Waals surface area contributed by atoms with Crippen LogP contribution in [0.1, 0.15) is 10.4 Å². The molecule has 0 unspecified atom stereocenters. The van der Waals surface area contributed by atoms with E-state index in [4.69, 9.17) is 4.42 Å². The first-order chi connectivity index (χ1) is 5.83. The predicted molar refractivity (Wildman–Crippen MR) is 41.6 cm³/mol. The number of carbonyl (C=O) groups is 1. The molecule has 2 aromatic rings. The first-order valence-electron chi connectivity index (χ1n) is 3.44. The van der Waals surface area contributed by atoms with Crippen LogP contribution in [0.4, 0.5) is 4.39 Å². The van der Waals surface area contributed by atoms with E-state index >= 15 is 0 Å². The van der Waals surface area contributed by atoms with E-state index in [0.29, 0.717) is 22.8 Å². The molecular weight excluding hydrogens is 159 g/mol. The highest BCUT2D eigenvalue weighted by Gasteiger charge is 2.07. The summed E-state index contributed by atoms with van der Waals surface area (Å²) in [6.07, 6.45) is 2.01. The van der Waals surface area contributed by atoms with E-state index in [0.717, 1.165) is 0 Å².